The van der Waals surface area contributed by atoms with Gasteiger partial charge in [0.1, 0.15) is 22.8 Å². The fourth-order valence-electron chi connectivity index (χ4n) is 3.32. The second-order valence-electron chi connectivity index (χ2n) is 9.63. The fraction of sp³-hybridized carbons (Fsp3) is 0.545. The molecule has 1 aliphatic rings. The van der Waals surface area contributed by atoms with E-state index in [4.69, 9.17) is 13.9 Å². The van der Waals surface area contributed by atoms with Gasteiger partial charge in [-0.1, -0.05) is 20.8 Å². The van der Waals surface area contributed by atoms with E-state index >= 15 is 0 Å². The van der Waals surface area contributed by atoms with E-state index in [9.17, 15) is 5.11 Å². The topological polar surface area (TPSA) is 47.9 Å². The third-order valence-electron chi connectivity index (χ3n) is 5.85. The van der Waals surface area contributed by atoms with E-state index in [1.165, 1.54) is 0 Å². The Kier molecular flexibility index (Phi) is 4.76. The van der Waals surface area contributed by atoms with Gasteiger partial charge in [-0.05, 0) is 55.7 Å². The number of aliphatic hydroxyl groups is 1. The van der Waals surface area contributed by atoms with E-state index in [1.54, 1.807) is 7.11 Å². The lowest BCUT2D eigenvalue weighted by Crippen LogP contribution is -2.43. The fourth-order valence-corrected chi connectivity index (χ4v) is 4.35. The molecule has 4 nitrogen and oxygen atoms in total. The van der Waals surface area contributed by atoms with Crippen LogP contribution in [0.4, 0.5) is 0 Å². The van der Waals surface area contributed by atoms with Crippen molar-refractivity contribution in [1.29, 1.82) is 0 Å². The zero-order chi connectivity index (χ0) is 20.2. The third kappa shape index (κ3) is 3.55. The number of aliphatic hydroxyl groups excluding tert-OH is 1. The summed E-state index contributed by atoms with van der Waals surface area (Å²) in [6.07, 6.45) is 0.795. The van der Waals surface area contributed by atoms with Crippen molar-refractivity contribution in [2.45, 2.75) is 71.4 Å². The molecule has 1 N–H and O–H groups in total. The Morgan fingerprint density at radius 2 is 1.78 bits per heavy atom. The van der Waals surface area contributed by atoms with Gasteiger partial charge in [-0.15, -0.1) is 0 Å². The van der Waals surface area contributed by atoms with Crippen molar-refractivity contribution in [2.24, 2.45) is 0 Å². The van der Waals surface area contributed by atoms with Gasteiger partial charge >= 0.3 is 0 Å². The molecule has 27 heavy (non-hydrogen) atoms. The third-order valence-corrected chi connectivity index (χ3v) is 10.2. The van der Waals surface area contributed by atoms with Crippen molar-refractivity contribution in [1.82, 2.24) is 0 Å². The summed E-state index contributed by atoms with van der Waals surface area (Å²) >= 11 is 0. The van der Waals surface area contributed by atoms with E-state index in [0.29, 0.717) is 0 Å². The van der Waals surface area contributed by atoms with Crippen LogP contribution in [0, 0.1) is 0 Å². The van der Waals surface area contributed by atoms with Crippen LogP contribution in [0.3, 0.4) is 0 Å². The summed E-state index contributed by atoms with van der Waals surface area (Å²) in [5.41, 5.74) is 1.64. The number of benzene rings is 2. The molecule has 0 aliphatic carbocycles. The maximum Gasteiger partial charge on any atom is 0.250 e. The van der Waals surface area contributed by atoms with Crippen LogP contribution in [-0.2, 0) is 13.0 Å². The SMILES string of the molecule is COc1cc2c(O[Si](C)(C)C(C)(C)C)cc(CO)cc2c2c1CC(C)(C)O2. The first-order valence-electron chi connectivity index (χ1n) is 9.54. The van der Waals surface area contributed by atoms with Crippen LogP contribution in [0.5, 0.6) is 17.2 Å². The minimum atomic E-state index is -2.04. The van der Waals surface area contributed by atoms with Crippen molar-refractivity contribution >= 4 is 19.1 Å². The Hall–Kier alpha value is -1.72. The van der Waals surface area contributed by atoms with Gasteiger partial charge in [0.25, 0.3) is 8.32 Å². The highest BCUT2D eigenvalue weighted by Crippen LogP contribution is 2.49. The summed E-state index contributed by atoms with van der Waals surface area (Å²) in [5, 5.41) is 11.9. The molecule has 0 saturated heterocycles. The molecule has 0 atom stereocenters. The predicted molar refractivity (Wildman–Crippen MR) is 113 cm³/mol. The number of ether oxygens (including phenoxy) is 2. The first-order chi connectivity index (χ1) is 12.4. The van der Waals surface area contributed by atoms with Gasteiger partial charge < -0.3 is 19.0 Å². The molecule has 0 saturated carbocycles. The highest BCUT2D eigenvalue weighted by atomic mass is 28.4. The van der Waals surface area contributed by atoms with Crippen LogP contribution in [0.1, 0.15) is 45.7 Å². The second kappa shape index (κ2) is 6.42. The average molecular weight is 389 g/mol. The van der Waals surface area contributed by atoms with E-state index < -0.39 is 8.32 Å². The molecule has 2 aromatic carbocycles. The maximum absolute atomic E-state index is 9.82. The van der Waals surface area contributed by atoms with E-state index in [1.807, 2.05) is 12.1 Å². The van der Waals surface area contributed by atoms with Gasteiger partial charge in [-0.25, -0.2) is 0 Å². The van der Waals surface area contributed by atoms with Gasteiger partial charge in [-0.3, -0.25) is 0 Å². The molecule has 0 aromatic heterocycles. The summed E-state index contributed by atoms with van der Waals surface area (Å²) in [4.78, 5) is 0. The summed E-state index contributed by atoms with van der Waals surface area (Å²) in [6.45, 7) is 15.3. The van der Waals surface area contributed by atoms with Crippen molar-refractivity contribution < 1.29 is 19.0 Å². The van der Waals surface area contributed by atoms with Gasteiger partial charge in [0, 0.05) is 22.8 Å². The van der Waals surface area contributed by atoms with Crippen LogP contribution < -0.4 is 13.9 Å². The first-order valence-corrected chi connectivity index (χ1v) is 12.4. The molecule has 0 spiro atoms. The van der Waals surface area contributed by atoms with Crippen LogP contribution in [-0.4, -0.2) is 26.1 Å². The number of hydrogen-bond donors (Lipinski definition) is 1. The maximum atomic E-state index is 9.82. The lowest BCUT2D eigenvalue weighted by Gasteiger charge is -2.37. The molecule has 0 unspecified atom stereocenters. The Morgan fingerprint density at radius 3 is 2.33 bits per heavy atom. The summed E-state index contributed by atoms with van der Waals surface area (Å²) in [6, 6.07) is 6.02. The molecule has 1 aliphatic heterocycles. The molecule has 0 amide bonds. The summed E-state index contributed by atoms with van der Waals surface area (Å²) in [7, 11) is -0.346. The Labute approximate surface area is 163 Å². The zero-order valence-electron chi connectivity index (χ0n) is 17.8. The summed E-state index contributed by atoms with van der Waals surface area (Å²) in [5.74, 6) is 2.49. The highest BCUT2D eigenvalue weighted by molar-refractivity contribution is 6.74. The molecule has 1 heterocycles. The van der Waals surface area contributed by atoms with Gasteiger partial charge in [0.15, 0.2) is 0 Å². The van der Waals surface area contributed by atoms with Crippen LogP contribution >= 0.6 is 0 Å². The number of methoxy groups -OCH3 is 1. The van der Waals surface area contributed by atoms with Gasteiger partial charge in [-0.2, -0.15) is 0 Å². The van der Waals surface area contributed by atoms with Crippen LogP contribution in [0.25, 0.3) is 10.8 Å². The molecular formula is C22H32O4Si. The lowest BCUT2D eigenvalue weighted by atomic mass is 9.97. The Balaban J connectivity index is 2.27. The normalized spacial score (nSPS) is 16.2. The lowest BCUT2D eigenvalue weighted by molar-refractivity contribution is 0.140. The highest BCUT2D eigenvalue weighted by Gasteiger charge is 2.40. The molecule has 2 aromatic rings. The van der Waals surface area contributed by atoms with Crippen molar-refractivity contribution in [3.05, 3.63) is 29.3 Å². The Morgan fingerprint density at radius 1 is 1.11 bits per heavy atom. The minimum Gasteiger partial charge on any atom is -0.543 e. The largest absolute Gasteiger partial charge is 0.543 e. The number of fused-ring (bicyclic) bond motifs is 3. The summed E-state index contributed by atoms with van der Waals surface area (Å²) < 4.78 is 18.6. The van der Waals surface area contributed by atoms with E-state index in [2.05, 4.69) is 53.8 Å². The molecule has 5 heteroatoms. The second-order valence-corrected chi connectivity index (χ2v) is 14.4. The Bertz CT molecular complexity index is 878. The number of hydrogen-bond acceptors (Lipinski definition) is 4. The van der Waals surface area contributed by atoms with Crippen molar-refractivity contribution in [3.8, 4) is 17.2 Å². The van der Waals surface area contributed by atoms with Gasteiger partial charge in [0.2, 0.25) is 0 Å². The zero-order valence-corrected chi connectivity index (χ0v) is 18.8. The first kappa shape index (κ1) is 20.0. The van der Waals surface area contributed by atoms with E-state index in [-0.39, 0.29) is 17.2 Å². The molecular weight excluding hydrogens is 356 g/mol. The predicted octanol–water partition coefficient (Wildman–Crippen LogP) is 5.44. The molecule has 0 radical (unpaired) electrons. The quantitative estimate of drug-likeness (QED) is 0.709. The van der Waals surface area contributed by atoms with Crippen LogP contribution in [0.2, 0.25) is 18.1 Å². The van der Waals surface area contributed by atoms with Crippen molar-refractivity contribution in [2.75, 3.05) is 7.11 Å². The monoisotopic (exact) mass is 388 g/mol. The van der Waals surface area contributed by atoms with Crippen LogP contribution in [0.15, 0.2) is 18.2 Å². The molecule has 3 rings (SSSR count). The minimum absolute atomic E-state index is 0.0337. The molecule has 0 bridgehead atoms. The molecule has 148 valence electrons. The van der Waals surface area contributed by atoms with E-state index in [0.717, 1.165) is 45.6 Å². The smallest absolute Gasteiger partial charge is 0.250 e. The van der Waals surface area contributed by atoms with Crippen molar-refractivity contribution in [3.63, 3.8) is 0 Å². The average Bonchev–Trinajstić information content (AvgIpc) is 2.88. The standard InChI is InChI=1S/C22H32O4Si/c1-21(2,3)27(7,8)26-19-10-14(13-23)9-16-15(19)11-18(24-6)17-12-22(4,5)25-20(16)17/h9-11,23H,12-13H2,1-8H3. The molecule has 0 fully saturated rings. The number of rotatable bonds is 4. The van der Waals surface area contributed by atoms with Gasteiger partial charge in [0.05, 0.1) is 13.7 Å².